The van der Waals surface area contributed by atoms with Crippen LogP contribution in [0.15, 0.2) is 54.6 Å². The number of carbonyl (C=O) groups is 1. The average Bonchev–Trinajstić information content (AvgIpc) is 2.90. The van der Waals surface area contributed by atoms with Crippen LogP contribution in [0.2, 0.25) is 0 Å². The Morgan fingerprint density at radius 2 is 1.92 bits per heavy atom. The summed E-state index contributed by atoms with van der Waals surface area (Å²) in [5.41, 5.74) is -0.180. The second-order valence-electron chi connectivity index (χ2n) is 5.57. The summed E-state index contributed by atoms with van der Waals surface area (Å²) in [5, 5.41) is 0. The molecule has 2 aromatic rings. The maximum Gasteiger partial charge on any atom is 0.424 e. The lowest BCUT2D eigenvalue weighted by atomic mass is 9.92. The standard InChI is InChI=1S/C17H16FNO4S/c1-17(14-9-5-6-10-15(14)18)12-23-24(21)19(17)16(20)22-11-13-7-3-2-4-8-13/h2-10H,11-12H2,1H3. The van der Waals surface area contributed by atoms with Crippen LogP contribution in [0.25, 0.3) is 0 Å². The van der Waals surface area contributed by atoms with Crippen molar-refractivity contribution in [2.24, 2.45) is 0 Å². The van der Waals surface area contributed by atoms with Crippen LogP contribution in [0.1, 0.15) is 18.1 Å². The van der Waals surface area contributed by atoms with Crippen LogP contribution in [0, 0.1) is 5.82 Å². The molecule has 0 N–H and O–H groups in total. The van der Waals surface area contributed by atoms with Crippen molar-refractivity contribution in [3.05, 3.63) is 71.5 Å². The van der Waals surface area contributed by atoms with Crippen molar-refractivity contribution in [1.82, 2.24) is 4.31 Å². The van der Waals surface area contributed by atoms with Crippen LogP contribution in [-0.4, -0.2) is 21.2 Å². The molecule has 2 atom stereocenters. The minimum atomic E-state index is -2.03. The van der Waals surface area contributed by atoms with Crippen LogP contribution in [-0.2, 0) is 32.3 Å². The van der Waals surface area contributed by atoms with Gasteiger partial charge in [0.2, 0.25) is 0 Å². The largest absolute Gasteiger partial charge is 0.444 e. The lowest BCUT2D eigenvalue weighted by molar-refractivity contribution is 0.0946. The number of amides is 1. The number of rotatable bonds is 3. The molecule has 1 saturated heterocycles. The first-order valence-corrected chi connectivity index (χ1v) is 8.36. The van der Waals surface area contributed by atoms with Gasteiger partial charge >= 0.3 is 6.09 Å². The fourth-order valence-electron chi connectivity index (χ4n) is 2.57. The van der Waals surface area contributed by atoms with Gasteiger partial charge in [-0.2, -0.15) is 4.31 Å². The molecule has 24 heavy (non-hydrogen) atoms. The van der Waals surface area contributed by atoms with Crippen LogP contribution < -0.4 is 0 Å². The molecule has 1 amide bonds. The van der Waals surface area contributed by atoms with Gasteiger partial charge < -0.3 is 4.74 Å². The number of halogens is 1. The van der Waals surface area contributed by atoms with E-state index in [1.54, 1.807) is 37.3 Å². The lowest BCUT2D eigenvalue weighted by Gasteiger charge is -2.30. The molecular weight excluding hydrogens is 333 g/mol. The summed E-state index contributed by atoms with van der Waals surface area (Å²) in [7, 11) is 0. The molecule has 0 aliphatic carbocycles. The predicted octanol–water partition coefficient (Wildman–Crippen LogP) is 3.29. The Balaban J connectivity index is 1.83. The summed E-state index contributed by atoms with van der Waals surface area (Å²) < 4.78 is 37.6. The Hall–Kier alpha value is -2.25. The molecule has 5 nitrogen and oxygen atoms in total. The van der Waals surface area contributed by atoms with E-state index in [1.807, 2.05) is 18.2 Å². The van der Waals surface area contributed by atoms with Gasteiger partial charge in [0.05, 0.1) is 6.61 Å². The van der Waals surface area contributed by atoms with Gasteiger partial charge in [0.25, 0.3) is 11.3 Å². The van der Waals surface area contributed by atoms with Crippen molar-refractivity contribution in [2.45, 2.75) is 19.1 Å². The van der Waals surface area contributed by atoms with Gasteiger partial charge in [0.1, 0.15) is 18.0 Å². The Morgan fingerprint density at radius 3 is 2.62 bits per heavy atom. The minimum Gasteiger partial charge on any atom is -0.444 e. The molecule has 2 unspecified atom stereocenters. The molecule has 3 rings (SSSR count). The molecule has 7 heteroatoms. The number of hydrogen-bond donors (Lipinski definition) is 0. The van der Waals surface area contributed by atoms with Gasteiger partial charge in [-0.1, -0.05) is 48.5 Å². The van der Waals surface area contributed by atoms with E-state index in [9.17, 15) is 13.4 Å². The third-order valence-electron chi connectivity index (χ3n) is 3.86. The van der Waals surface area contributed by atoms with Gasteiger partial charge in [-0.15, -0.1) is 0 Å². The number of carbonyl (C=O) groups excluding carboxylic acids is 1. The number of hydrogen-bond acceptors (Lipinski definition) is 4. The number of benzene rings is 2. The van der Waals surface area contributed by atoms with Crippen LogP contribution in [0.5, 0.6) is 0 Å². The molecule has 1 fully saturated rings. The summed E-state index contributed by atoms with van der Waals surface area (Å²) >= 11 is -2.03. The molecule has 0 saturated carbocycles. The summed E-state index contributed by atoms with van der Waals surface area (Å²) in [5.74, 6) is -0.497. The highest BCUT2D eigenvalue weighted by Gasteiger charge is 2.50. The van der Waals surface area contributed by atoms with Crippen molar-refractivity contribution in [1.29, 1.82) is 0 Å². The third kappa shape index (κ3) is 3.05. The zero-order valence-electron chi connectivity index (χ0n) is 13.0. The Morgan fingerprint density at radius 1 is 1.25 bits per heavy atom. The van der Waals surface area contributed by atoms with Crippen molar-refractivity contribution in [3.63, 3.8) is 0 Å². The van der Waals surface area contributed by atoms with E-state index in [1.165, 1.54) is 6.07 Å². The first-order chi connectivity index (χ1) is 11.5. The topological polar surface area (TPSA) is 55.8 Å². The van der Waals surface area contributed by atoms with Crippen molar-refractivity contribution in [2.75, 3.05) is 6.61 Å². The van der Waals surface area contributed by atoms with Crippen molar-refractivity contribution >= 4 is 17.4 Å². The van der Waals surface area contributed by atoms with Crippen molar-refractivity contribution in [3.8, 4) is 0 Å². The average molecular weight is 349 g/mol. The molecule has 0 radical (unpaired) electrons. The second-order valence-corrected chi connectivity index (χ2v) is 6.60. The zero-order chi connectivity index (χ0) is 17.2. The lowest BCUT2D eigenvalue weighted by Crippen LogP contribution is -2.45. The van der Waals surface area contributed by atoms with E-state index in [4.69, 9.17) is 8.92 Å². The third-order valence-corrected chi connectivity index (χ3v) is 5.03. The van der Waals surface area contributed by atoms with E-state index < -0.39 is 28.7 Å². The van der Waals surface area contributed by atoms with Gasteiger partial charge in [-0.25, -0.2) is 13.4 Å². The molecule has 126 valence electrons. The van der Waals surface area contributed by atoms with Crippen molar-refractivity contribution < 1.29 is 22.3 Å². The van der Waals surface area contributed by atoms with E-state index in [2.05, 4.69) is 0 Å². The van der Waals surface area contributed by atoms with E-state index in [0.29, 0.717) is 0 Å². The molecule has 0 spiro atoms. The fourth-order valence-corrected chi connectivity index (χ4v) is 3.66. The van der Waals surface area contributed by atoms with Crippen LogP contribution >= 0.6 is 0 Å². The SMILES string of the molecule is CC1(c2ccccc2F)COS(=O)N1C(=O)OCc1ccccc1. The maximum absolute atomic E-state index is 14.2. The fraction of sp³-hybridized carbons (Fsp3) is 0.235. The van der Waals surface area contributed by atoms with Gasteiger partial charge in [0, 0.05) is 5.56 Å². The van der Waals surface area contributed by atoms with E-state index in [-0.39, 0.29) is 18.8 Å². The summed E-state index contributed by atoms with van der Waals surface area (Å²) in [6.07, 6.45) is -0.819. The molecule has 0 bridgehead atoms. The summed E-state index contributed by atoms with van der Waals surface area (Å²) in [4.78, 5) is 12.4. The molecule has 1 aliphatic heterocycles. The normalized spacial score (nSPS) is 23.2. The van der Waals surface area contributed by atoms with Gasteiger partial charge in [-0.3, -0.25) is 4.18 Å². The Labute approximate surface area is 141 Å². The highest BCUT2D eigenvalue weighted by Crippen LogP contribution is 2.37. The molecule has 1 heterocycles. The molecular formula is C17H16FNO4S. The summed E-state index contributed by atoms with van der Waals surface area (Å²) in [6.45, 7) is 1.54. The van der Waals surface area contributed by atoms with Gasteiger partial charge in [-0.05, 0) is 18.6 Å². The Bertz CT molecular complexity index is 770. The Kier molecular flexibility index (Phi) is 4.64. The second kappa shape index (κ2) is 6.70. The maximum atomic E-state index is 14.2. The first-order valence-electron chi connectivity index (χ1n) is 7.33. The minimum absolute atomic E-state index is 0.0285. The highest BCUT2D eigenvalue weighted by molar-refractivity contribution is 7.78. The van der Waals surface area contributed by atoms with Crippen LogP contribution in [0.4, 0.5) is 9.18 Å². The number of nitrogens with zero attached hydrogens (tertiary/aromatic N) is 1. The monoisotopic (exact) mass is 349 g/mol. The first kappa shape index (κ1) is 16.6. The molecule has 2 aromatic carbocycles. The van der Waals surface area contributed by atoms with E-state index >= 15 is 0 Å². The van der Waals surface area contributed by atoms with Gasteiger partial charge in [0.15, 0.2) is 0 Å². The number of ether oxygens (including phenoxy) is 1. The quantitative estimate of drug-likeness (QED) is 0.853. The van der Waals surface area contributed by atoms with E-state index in [0.717, 1.165) is 9.87 Å². The zero-order valence-corrected chi connectivity index (χ0v) is 13.8. The summed E-state index contributed by atoms with van der Waals surface area (Å²) in [6, 6.07) is 15.1. The molecule has 0 aromatic heterocycles. The molecule has 1 aliphatic rings. The van der Waals surface area contributed by atoms with Crippen LogP contribution in [0.3, 0.4) is 0 Å². The smallest absolute Gasteiger partial charge is 0.424 e. The predicted molar refractivity (Wildman–Crippen MR) is 86.3 cm³/mol. The highest BCUT2D eigenvalue weighted by atomic mass is 32.2.